The van der Waals surface area contributed by atoms with Crippen molar-refractivity contribution in [1.82, 2.24) is 0 Å². The third-order valence-corrected chi connectivity index (χ3v) is 2.63. The summed E-state index contributed by atoms with van der Waals surface area (Å²) in [6.07, 6.45) is 6.10. The molecular weight excluding hydrogens is 176 g/mol. The lowest BCUT2D eigenvalue weighted by molar-refractivity contribution is 0.481. The summed E-state index contributed by atoms with van der Waals surface area (Å²) in [7, 11) is 0. The molecule has 1 aliphatic carbocycles. The van der Waals surface area contributed by atoms with Gasteiger partial charge in [0.15, 0.2) is 0 Å². The average Bonchev–Trinajstić information content (AvgIpc) is 2.57. The van der Waals surface area contributed by atoms with Crippen LogP contribution in [0.25, 0.3) is 17.0 Å². The van der Waals surface area contributed by atoms with Crippen molar-refractivity contribution < 1.29 is 9.52 Å². The third kappa shape index (κ3) is 0.909. The topological polar surface area (TPSA) is 33.4 Å². The molecular formula is C12H10O2. The Morgan fingerprint density at radius 3 is 3.14 bits per heavy atom. The number of phenols is 1. The van der Waals surface area contributed by atoms with E-state index in [0.29, 0.717) is 5.75 Å². The Labute approximate surface area is 81.5 Å². The van der Waals surface area contributed by atoms with Gasteiger partial charge in [-0.15, -0.1) is 0 Å². The van der Waals surface area contributed by atoms with Crippen LogP contribution in [-0.4, -0.2) is 5.11 Å². The van der Waals surface area contributed by atoms with E-state index in [-0.39, 0.29) is 0 Å². The summed E-state index contributed by atoms with van der Waals surface area (Å²) in [5.74, 6) is 1.29. The zero-order valence-electron chi connectivity index (χ0n) is 7.66. The highest BCUT2D eigenvalue weighted by Gasteiger charge is 2.16. The first-order chi connectivity index (χ1) is 6.86. The maximum absolute atomic E-state index is 9.72. The molecule has 1 N–H and O–H groups in total. The van der Waals surface area contributed by atoms with Crippen molar-refractivity contribution >= 4 is 17.0 Å². The fourth-order valence-electron chi connectivity index (χ4n) is 1.98. The fraction of sp³-hybridized carbons (Fsp3) is 0.167. The van der Waals surface area contributed by atoms with Crippen LogP contribution in [0.4, 0.5) is 0 Å². The number of benzene rings is 1. The van der Waals surface area contributed by atoms with Gasteiger partial charge in [0, 0.05) is 12.0 Å². The van der Waals surface area contributed by atoms with Crippen LogP contribution in [-0.2, 0) is 6.42 Å². The van der Waals surface area contributed by atoms with E-state index >= 15 is 0 Å². The molecule has 0 unspecified atom stereocenters. The fourth-order valence-corrected chi connectivity index (χ4v) is 1.98. The quantitative estimate of drug-likeness (QED) is 0.685. The number of hydrogen-bond donors (Lipinski definition) is 1. The Hall–Kier alpha value is -1.70. The smallest absolute Gasteiger partial charge is 0.138 e. The number of phenolic OH excluding ortho intramolecular Hbond substituents is 1. The monoisotopic (exact) mass is 186 g/mol. The second-order valence-corrected chi connectivity index (χ2v) is 3.53. The molecule has 0 saturated heterocycles. The molecule has 0 spiro atoms. The molecule has 0 saturated carbocycles. The standard InChI is InChI=1S/C12H10O2/c13-9-5-3-7-11-12(9)8-4-1-2-6-10(8)14-11/h1,3-5,7,13H,2,6H2. The Kier molecular flexibility index (Phi) is 1.45. The molecule has 1 heterocycles. The summed E-state index contributed by atoms with van der Waals surface area (Å²) in [4.78, 5) is 0. The van der Waals surface area contributed by atoms with Crippen molar-refractivity contribution in [3.05, 3.63) is 35.6 Å². The third-order valence-electron chi connectivity index (χ3n) is 2.63. The van der Waals surface area contributed by atoms with Crippen LogP contribution < -0.4 is 0 Å². The summed E-state index contributed by atoms with van der Waals surface area (Å²) in [6, 6.07) is 5.39. The number of aryl methyl sites for hydroxylation is 1. The summed E-state index contributed by atoms with van der Waals surface area (Å²) in [6.45, 7) is 0. The van der Waals surface area contributed by atoms with Gasteiger partial charge in [0.2, 0.25) is 0 Å². The van der Waals surface area contributed by atoms with Crippen LogP contribution >= 0.6 is 0 Å². The molecule has 1 aromatic carbocycles. The molecule has 0 radical (unpaired) electrons. The molecule has 0 bridgehead atoms. The molecule has 2 aromatic rings. The van der Waals surface area contributed by atoms with Gasteiger partial charge in [-0.3, -0.25) is 0 Å². The summed E-state index contributed by atoms with van der Waals surface area (Å²) >= 11 is 0. The predicted octanol–water partition coefficient (Wildman–Crippen LogP) is 3.10. The van der Waals surface area contributed by atoms with Crippen molar-refractivity contribution in [2.45, 2.75) is 12.8 Å². The van der Waals surface area contributed by atoms with E-state index in [2.05, 4.69) is 6.08 Å². The number of rotatable bonds is 0. The molecule has 1 aromatic heterocycles. The summed E-state index contributed by atoms with van der Waals surface area (Å²) < 4.78 is 5.66. The van der Waals surface area contributed by atoms with Crippen molar-refractivity contribution in [2.24, 2.45) is 0 Å². The minimum Gasteiger partial charge on any atom is -0.507 e. The Morgan fingerprint density at radius 1 is 1.29 bits per heavy atom. The zero-order valence-corrected chi connectivity index (χ0v) is 7.66. The van der Waals surface area contributed by atoms with E-state index in [0.717, 1.165) is 35.1 Å². The van der Waals surface area contributed by atoms with E-state index in [4.69, 9.17) is 4.42 Å². The highest BCUT2D eigenvalue weighted by molar-refractivity contribution is 5.93. The molecule has 0 amide bonds. The van der Waals surface area contributed by atoms with Gasteiger partial charge in [-0.1, -0.05) is 18.2 Å². The predicted molar refractivity (Wildman–Crippen MR) is 55.2 cm³/mol. The number of fused-ring (bicyclic) bond motifs is 3. The van der Waals surface area contributed by atoms with E-state index in [1.807, 2.05) is 12.1 Å². The first-order valence-corrected chi connectivity index (χ1v) is 4.76. The second kappa shape index (κ2) is 2.64. The van der Waals surface area contributed by atoms with Crippen LogP contribution in [0.3, 0.4) is 0 Å². The first kappa shape index (κ1) is 7.68. The van der Waals surface area contributed by atoms with Gasteiger partial charge >= 0.3 is 0 Å². The summed E-state index contributed by atoms with van der Waals surface area (Å²) in [5.41, 5.74) is 1.82. The highest BCUT2D eigenvalue weighted by Crippen LogP contribution is 2.35. The molecule has 14 heavy (non-hydrogen) atoms. The van der Waals surface area contributed by atoms with Crippen molar-refractivity contribution in [2.75, 3.05) is 0 Å². The van der Waals surface area contributed by atoms with Gasteiger partial charge in [-0.05, 0) is 18.6 Å². The van der Waals surface area contributed by atoms with Gasteiger partial charge < -0.3 is 9.52 Å². The van der Waals surface area contributed by atoms with Crippen molar-refractivity contribution in [1.29, 1.82) is 0 Å². The Morgan fingerprint density at radius 2 is 2.21 bits per heavy atom. The highest BCUT2D eigenvalue weighted by atomic mass is 16.3. The second-order valence-electron chi connectivity index (χ2n) is 3.53. The van der Waals surface area contributed by atoms with Crippen molar-refractivity contribution in [3.8, 4) is 5.75 Å². The summed E-state index contributed by atoms with van der Waals surface area (Å²) in [5, 5.41) is 10.6. The molecule has 3 rings (SSSR count). The number of furan rings is 1. The molecule has 0 atom stereocenters. The molecule has 0 fully saturated rings. The van der Waals surface area contributed by atoms with Crippen LogP contribution in [0.2, 0.25) is 0 Å². The minimum absolute atomic E-state index is 0.305. The average molecular weight is 186 g/mol. The van der Waals surface area contributed by atoms with Gasteiger partial charge in [-0.25, -0.2) is 0 Å². The van der Waals surface area contributed by atoms with Gasteiger partial charge in [-0.2, -0.15) is 0 Å². The van der Waals surface area contributed by atoms with Crippen LogP contribution in [0.5, 0.6) is 5.75 Å². The molecule has 1 aliphatic rings. The van der Waals surface area contributed by atoms with Crippen LogP contribution in [0.15, 0.2) is 28.7 Å². The SMILES string of the molecule is Oc1cccc2oc3c(c12)C=CCC3. The maximum Gasteiger partial charge on any atom is 0.138 e. The van der Waals surface area contributed by atoms with Gasteiger partial charge in [0.1, 0.15) is 17.1 Å². The number of allylic oxidation sites excluding steroid dienone is 1. The van der Waals surface area contributed by atoms with E-state index < -0.39 is 0 Å². The lowest BCUT2D eigenvalue weighted by atomic mass is 10.0. The van der Waals surface area contributed by atoms with E-state index in [1.165, 1.54) is 0 Å². The normalized spacial score (nSPS) is 14.6. The molecule has 2 heteroatoms. The Balaban J connectivity index is 2.45. The first-order valence-electron chi connectivity index (χ1n) is 4.76. The van der Waals surface area contributed by atoms with E-state index in [9.17, 15) is 5.11 Å². The molecule has 2 nitrogen and oxygen atoms in total. The lowest BCUT2D eigenvalue weighted by Crippen LogP contribution is -1.88. The Bertz CT molecular complexity index is 520. The van der Waals surface area contributed by atoms with E-state index in [1.54, 1.807) is 12.1 Å². The van der Waals surface area contributed by atoms with Crippen LogP contribution in [0, 0.1) is 0 Å². The molecule has 0 aliphatic heterocycles. The van der Waals surface area contributed by atoms with Gasteiger partial charge in [0.25, 0.3) is 0 Å². The zero-order chi connectivity index (χ0) is 9.54. The maximum atomic E-state index is 9.72. The minimum atomic E-state index is 0.305. The van der Waals surface area contributed by atoms with Crippen molar-refractivity contribution in [3.63, 3.8) is 0 Å². The van der Waals surface area contributed by atoms with Crippen LogP contribution in [0.1, 0.15) is 17.7 Å². The number of aromatic hydroxyl groups is 1. The number of hydrogen-bond acceptors (Lipinski definition) is 2. The lowest BCUT2D eigenvalue weighted by Gasteiger charge is -2.01. The largest absolute Gasteiger partial charge is 0.507 e. The molecule has 70 valence electrons. The van der Waals surface area contributed by atoms with Gasteiger partial charge in [0.05, 0.1) is 5.39 Å².